The van der Waals surface area contributed by atoms with Crippen molar-refractivity contribution in [1.82, 2.24) is 5.32 Å². The van der Waals surface area contributed by atoms with E-state index in [1.165, 1.54) is 0 Å². The lowest BCUT2D eigenvalue weighted by Crippen LogP contribution is -2.33. The lowest BCUT2D eigenvalue weighted by Gasteiger charge is -2.09. The third-order valence-electron chi connectivity index (χ3n) is 3.77. The lowest BCUT2D eigenvalue weighted by atomic mass is 10.1. The largest absolute Gasteiger partial charge is 0.457 e. The van der Waals surface area contributed by atoms with Gasteiger partial charge >= 0.3 is 0 Å². The van der Waals surface area contributed by atoms with E-state index in [1.54, 1.807) is 24.3 Å². The molecule has 27 heavy (non-hydrogen) atoms. The Balaban J connectivity index is 1.44. The van der Waals surface area contributed by atoms with Crippen molar-refractivity contribution in [3.05, 3.63) is 90.5 Å². The lowest BCUT2D eigenvalue weighted by molar-refractivity contribution is -0.123. The van der Waals surface area contributed by atoms with Gasteiger partial charge in [-0.25, -0.2) is 0 Å². The highest BCUT2D eigenvalue weighted by Crippen LogP contribution is 2.22. The Bertz CT molecular complexity index is 878. The first-order valence-corrected chi connectivity index (χ1v) is 8.62. The van der Waals surface area contributed by atoms with E-state index in [0.29, 0.717) is 11.4 Å². The maximum atomic E-state index is 12.0. The predicted octanol–water partition coefficient (Wildman–Crippen LogP) is 3.78. The highest BCUT2D eigenvalue weighted by Gasteiger charge is 2.07. The van der Waals surface area contributed by atoms with Gasteiger partial charge < -0.3 is 15.4 Å². The first-order valence-electron chi connectivity index (χ1n) is 8.62. The van der Waals surface area contributed by atoms with Crippen molar-refractivity contribution in [1.29, 1.82) is 0 Å². The number of hydrogen-bond acceptors (Lipinski definition) is 3. The van der Waals surface area contributed by atoms with Crippen molar-refractivity contribution in [3.8, 4) is 11.5 Å². The van der Waals surface area contributed by atoms with Crippen LogP contribution in [0.2, 0.25) is 0 Å². The van der Waals surface area contributed by atoms with Gasteiger partial charge in [-0.1, -0.05) is 48.5 Å². The van der Waals surface area contributed by atoms with Gasteiger partial charge in [0.05, 0.1) is 13.0 Å². The van der Waals surface area contributed by atoms with Crippen LogP contribution in [0.25, 0.3) is 0 Å². The molecule has 2 amide bonds. The van der Waals surface area contributed by atoms with Gasteiger partial charge in [-0.2, -0.15) is 0 Å². The number of anilines is 1. The number of carbonyl (C=O) groups excluding carboxylic acids is 2. The fraction of sp³-hybridized carbons (Fsp3) is 0.0909. The number of ether oxygens (including phenoxy) is 1. The molecule has 0 aliphatic carbocycles. The van der Waals surface area contributed by atoms with Crippen LogP contribution in [0.3, 0.4) is 0 Å². The molecule has 0 fully saturated rings. The summed E-state index contributed by atoms with van der Waals surface area (Å²) in [6.45, 7) is -0.0755. The van der Waals surface area contributed by atoms with Crippen molar-refractivity contribution in [2.45, 2.75) is 6.42 Å². The van der Waals surface area contributed by atoms with Crippen molar-refractivity contribution in [2.24, 2.45) is 0 Å². The molecule has 0 saturated carbocycles. The highest BCUT2D eigenvalue weighted by molar-refractivity contribution is 5.94. The number of hydrogen-bond donors (Lipinski definition) is 2. The summed E-state index contributed by atoms with van der Waals surface area (Å²) in [4.78, 5) is 23.9. The second-order valence-corrected chi connectivity index (χ2v) is 5.93. The van der Waals surface area contributed by atoms with Crippen molar-refractivity contribution in [3.63, 3.8) is 0 Å². The molecule has 3 rings (SSSR count). The van der Waals surface area contributed by atoms with E-state index in [1.807, 2.05) is 60.7 Å². The Labute approximate surface area is 158 Å². The van der Waals surface area contributed by atoms with Gasteiger partial charge in [-0.3, -0.25) is 9.59 Å². The van der Waals surface area contributed by atoms with Gasteiger partial charge in [0.1, 0.15) is 11.5 Å². The molecule has 0 aliphatic heterocycles. The summed E-state index contributed by atoms with van der Waals surface area (Å²) in [5.41, 5.74) is 1.54. The van der Waals surface area contributed by atoms with Crippen LogP contribution in [0.4, 0.5) is 5.69 Å². The summed E-state index contributed by atoms with van der Waals surface area (Å²) in [6.07, 6.45) is 0.250. The Morgan fingerprint density at radius 1 is 0.704 bits per heavy atom. The van der Waals surface area contributed by atoms with Crippen LogP contribution in [-0.4, -0.2) is 18.4 Å². The van der Waals surface area contributed by atoms with E-state index in [0.717, 1.165) is 11.3 Å². The van der Waals surface area contributed by atoms with Crippen LogP contribution in [-0.2, 0) is 16.0 Å². The highest BCUT2D eigenvalue weighted by atomic mass is 16.5. The summed E-state index contributed by atoms with van der Waals surface area (Å²) >= 11 is 0. The third kappa shape index (κ3) is 6.01. The Morgan fingerprint density at radius 3 is 1.96 bits per heavy atom. The molecule has 0 bridgehead atoms. The summed E-state index contributed by atoms with van der Waals surface area (Å²) in [5, 5.41) is 5.36. The number of carbonyl (C=O) groups is 2. The van der Waals surface area contributed by atoms with Crippen LogP contribution < -0.4 is 15.4 Å². The first kappa shape index (κ1) is 18.2. The molecule has 0 saturated heterocycles. The van der Waals surface area contributed by atoms with E-state index in [4.69, 9.17) is 4.74 Å². The van der Waals surface area contributed by atoms with Gasteiger partial charge in [0, 0.05) is 5.69 Å². The number of benzene rings is 3. The van der Waals surface area contributed by atoms with Crippen LogP contribution in [0.5, 0.6) is 11.5 Å². The molecule has 0 unspecified atom stereocenters. The standard InChI is InChI=1S/C22H20N2O3/c25-21(15-17-7-3-1-4-8-17)23-16-22(26)24-18-11-13-20(14-12-18)27-19-9-5-2-6-10-19/h1-14H,15-16H2,(H,23,25)(H,24,26). The minimum atomic E-state index is -0.284. The maximum absolute atomic E-state index is 12.0. The minimum Gasteiger partial charge on any atom is -0.457 e. The number of nitrogens with one attached hydrogen (secondary N) is 2. The zero-order valence-electron chi connectivity index (χ0n) is 14.7. The molecular formula is C22H20N2O3. The second-order valence-electron chi connectivity index (χ2n) is 5.93. The molecule has 0 aromatic heterocycles. The minimum absolute atomic E-state index is 0.0755. The van der Waals surface area contributed by atoms with Gasteiger partial charge in [-0.05, 0) is 42.0 Å². The third-order valence-corrected chi connectivity index (χ3v) is 3.77. The van der Waals surface area contributed by atoms with Crippen molar-refractivity contribution in [2.75, 3.05) is 11.9 Å². The predicted molar refractivity (Wildman–Crippen MR) is 105 cm³/mol. The topological polar surface area (TPSA) is 67.4 Å². The quantitative estimate of drug-likeness (QED) is 0.674. The Hall–Kier alpha value is -3.60. The van der Waals surface area contributed by atoms with Crippen LogP contribution in [0.1, 0.15) is 5.56 Å². The molecule has 0 atom stereocenters. The molecule has 5 nitrogen and oxygen atoms in total. The summed E-state index contributed by atoms with van der Waals surface area (Å²) < 4.78 is 5.70. The average Bonchev–Trinajstić information content (AvgIpc) is 2.70. The fourth-order valence-electron chi connectivity index (χ4n) is 2.46. The van der Waals surface area contributed by atoms with E-state index in [9.17, 15) is 9.59 Å². The molecule has 0 heterocycles. The van der Waals surface area contributed by atoms with E-state index < -0.39 is 0 Å². The molecule has 3 aromatic rings. The van der Waals surface area contributed by atoms with Crippen molar-refractivity contribution < 1.29 is 14.3 Å². The van der Waals surface area contributed by atoms with Crippen LogP contribution in [0.15, 0.2) is 84.9 Å². The van der Waals surface area contributed by atoms with Gasteiger partial charge in [0.2, 0.25) is 11.8 Å². The van der Waals surface area contributed by atoms with E-state index in [-0.39, 0.29) is 24.8 Å². The zero-order valence-corrected chi connectivity index (χ0v) is 14.7. The fourth-order valence-corrected chi connectivity index (χ4v) is 2.46. The zero-order chi connectivity index (χ0) is 18.9. The van der Waals surface area contributed by atoms with E-state index in [2.05, 4.69) is 10.6 Å². The summed E-state index contributed by atoms with van der Waals surface area (Å²) in [6, 6.07) is 25.9. The Morgan fingerprint density at radius 2 is 1.30 bits per heavy atom. The SMILES string of the molecule is O=C(Cc1ccccc1)NCC(=O)Nc1ccc(Oc2ccccc2)cc1. The molecule has 5 heteroatoms. The molecule has 2 N–H and O–H groups in total. The number of rotatable bonds is 7. The van der Waals surface area contributed by atoms with Gasteiger partial charge in [0.25, 0.3) is 0 Å². The van der Waals surface area contributed by atoms with Crippen LogP contribution >= 0.6 is 0 Å². The monoisotopic (exact) mass is 360 g/mol. The average molecular weight is 360 g/mol. The molecule has 136 valence electrons. The van der Waals surface area contributed by atoms with Gasteiger partial charge in [-0.15, -0.1) is 0 Å². The second kappa shape index (κ2) is 9.20. The maximum Gasteiger partial charge on any atom is 0.243 e. The summed E-state index contributed by atoms with van der Waals surface area (Å²) in [7, 11) is 0. The van der Waals surface area contributed by atoms with Gasteiger partial charge in [0.15, 0.2) is 0 Å². The van der Waals surface area contributed by atoms with Crippen molar-refractivity contribution >= 4 is 17.5 Å². The number of para-hydroxylation sites is 1. The molecule has 0 spiro atoms. The number of amides is 2. The van der Waals surface area contributed by atoms with E-state index >= 15 is 0 Å². The first-order chi connectivity index (χ1) is 13.2. The molecule has 0 radical (unpaired) electrons. The van der Waals surface area contributed by atoms with Crippen LogP contribution in [0, 0.1) is 0 Å². The Kier molecular flexibility index (Phi) is 6.20. The normalized spacial score (nSPS) is 10.1. The summed E-state index contributed by atoms with van der Waals surface area (Å²) in [5.74, 6) is 0.946. The smallest absolute Gasteiger partial charge is 0.243 e. The molecule has 0 aliphatic rings. The molecular weight excluding hydrogens is 340 g/mol. The molecule has 3 aromatic carbocycles.